The molecule has 0 aromatic rings. The zero-order valence-corrected chi connectivity index (χ0v) is 13.2. The normalized spacial score (nSPS) is 26.3. The molecule has 0 aromatic heterocycles. The Morgan fingerprint density at radius 1 is 1.24 bits per heavy atom. The van der Waals surface area contributed by atoms with Gasteiger partial charge in [-0.15, -0.1) is 0 Å². The summed E-state index contributed by atoms with van der Waals surface area (Å²) in [5.74, 6) is 1.67. The van der Waals surface area contributed by atoms with Gasteiger partial charge in [0.15, 0.2) is 0 Å². The van der Waals surface area contributed by atoms with E-state index in [9.17, 15) is 0 Å². The van der Waals surface area contributed by atoms with Gasteiger partial charge in [-0.25, -0.2) is 0 Å². The van der Waals surface area contributed by atoms with Crippen molar-refractivity contribution in [3.05, 3.63) is 0 Å². The van der Waals surface area contributed by atoms with Crippen LogP contribution in [0.3, 0.4) is 0 Å². The third-order valence-electron chi connectivity index (χ3n) is 3.94. The van der Waals surface area contributed by atoms with Crippen molar-refractivity contribution in [1.82, 2.24) is 0 Å². The first-order chi connectivity index (χ1) is 7.81. The molecule has 0 bridgehead atoms. The molecule has 17 heavy (non-hydrogen) atoms. The van der Waals surface area contributed by atoms with E-state index in [4.69, 9.17) is 4.74 Å². The largest absolute Gasteiger partial charge is 0.378 e. The zero-order chi connectivity index (χ0) is 13.5. The van der Waals surface area contributed by atoms with Crippen molar-refractivity contribution in [2.24, 2.45) is 17.3 Å². The fourth-order valence-corrected chi connectivity index (χ4v) is 2.04. The summed E-state index contributed by atoms with van der Waals surface area (Å²) in [4.78, 5) is 0. The second-order valence-corrected chi connectivity index (χ2v) is 6.76. The van der Waals surface area contributed by atoms with E-state index < -0.39 is 0 Å². The standard InChI is InChI=1S/C9H20.C7H14O/c1-6-7-8(2)9(3,4)5;1-3-7-4-6(2)5-8-7/h8H,6-7H2,1-5H3;6-7H,3-5H2,1-2H3. The summed E-state index contributed by atoms with van der Waals surface area (Å²) in [6.45, 7) is 16.9. The Morgan fingerprint density at radius 3 is 2.00 bits per heavy atom. The van der Waals surface area contributed by atoms with Gasteiger partial charge in [0.25, 0.3) is 0 Å². The average Bonchev–Trinajstić information content (AvgIpc) is 2.64. The summed E-state index contributed by atoms with van der Waals surface area (Å²) in [6, 6.07) is 0. The zero-order valence-electron chi connectivity index (χ0n) is 13.2. The van der Waals surface area contributed by atoms with Crippen molar-refractivity contribution >= 4 is 0 Å². The van der Waals surface area contributed by atoms with Crippen LogP contribution in [0, 0.1) is 17.3 Å². The second-order valence-electron chi connectivity index (χ2n) is 6.76. The molecule has 1 heteroatoms. The van der Waals surface area contributed by atoms with E-state index in [1.807, 2.05) is 0 Å². The summed E-state index contributed by atoms with van der Waals surface area (Å²) in [5, 5.41) is 0. The van der Waals surface area contributed by atoms with Gasteiger partial charge in [-0.3, -0.25) is 0 Å². The molecule has 0 radical (unpaired) electrons. The lowest BCUT2D eigenvalue weighted by molar-refractivity contribution is 0.105. The van der Waals surface area contributed by atoms with Crippen molar-refractivity contribution in [3.8, 4) is 0 Å². The lowest BCUT2D eigenvalue weighted by Gasteiger charge is -2.26. The van der Waals surface area contributed by atoms with Crippen LogP contribution >= 0.6 is 0 Å². The minimum atomic E-state index is 0.510. The molecular weight excluding hydrogens is 208 g/mol. The third kappa shape index (κ3) is 7.81. The highest BCUT2D eigenvalue weighted by atomic mass is 16.5. The molecule has 1 saturated heterocycles. The Morgan fingerprint density at radius 2 is 1.82 bits per heavy atom. The van der Waals surface area contributed by atoms with Crippen LogP contribution in [-0.4, -0.2) is 12.7 Å². The number of hydrogen-bond acceptors (Lipinski definition) is 1. The van der Waals surface area contributed by atoms with E-state index in [1.54, 1.807) is 0 Å². The van der Waals surface area contributed by atoms with Gasteiger partial charge in [0.2, 0.25) is 0 Å². The van der Waals surface area contributed by atoms with Crippen molar-refractivity contribution < 1.29 is 4.74 Å². The maximum Gasteiger partial charge on any atom is 0.0576 e. The van der Waals surface area contributed by atoms with Gasteiger partial charge in [-0.2, -0.15) is 0 Å². The Balaban J connectivity index is 0.000000302. The highest BCUT2D eigenvalue weighted by Crippen LogP contribution is 2.28. The van der Waals surface area contributed by atoms with Crippen LogP contribution in [0.2, 0.25) is 0 Å². The molecule has 1 aliphatic rings. The first-order valence-electron chi connectivity index (χ1n) is 7.42. The van der Waals surface area contributed by atoms with E-state index >= 15 is 0 Å². The van der Waals surface area contributed by atoms with E-state index in [0.29, 0.717) is 11.5 Å². The number of hydrogen-bond donors (Lipinski definition) is 0. The van der Waals surface area contributed by atoms with Crippen LogP contribution in [0.4, 0.5) is 0 Å². The van der Waals surface area contributed by atoms with Gasteiger partial charge >= 0.3 is 0 Å². The second kappa shape index (κ2) is 8.13. The quantitative estimate of drug-likeness (QED) is 0.653. The average molecular weight is 242 g/mol. The molecule has 0 spiro atoms. The summed E-state index contributed by atoms with van der Waals surface area (Å²) < 4.78 is 5.41. The monoisotopic (exact) mass is 242 g/mol. The van der Waals surface area contributed by atoms with E-state index in [1.165, 1.54) is 25.7 Å². The summed E-state index contributed by atoms with van der Waals surface area (Å²) in [6.07, 6.45) is 5.72. The van der Waals surface area contributed by atoms with Gasteiger partial charge in [0.1, 0.15) is 0 Å². The van der Waals surface area contributed by atoms with E-state index in [2.05, 4.69) is 48.5 Å². The molecule has 0 aromatic carbocycles. The molecule has 1 aliphatic heterocycles. The van der Waals surface area contributed by atoms with E-state index in [-0.39, 0.29) is 0 Å². The molecular formula is C16H34O. The van der Waals surface area contributed by atoms with Crippen LogP contribution < -0.4 is 0 Å². The highest BCUT2D eigenvalue weighted by molar-refractivity contribution is 4.69. The Hall–Kier alpha value is -0.0400. The van der Waals surface area contributed by atoms with Crippen molar-refractivity contribution in [2.75, 3.05) is 6.61 Å². The topological polar surface area (TPSA) is 9.23 Å². The first-order valence-corrected chi connectivity index (χ1v) is 7.42. The van der Waals surface area contributed by atoms with Gasteiger partial charge in [0, 0.05) is 6.61 Å². The molecule has 1 nitrogen and oxygen atoms in total. The van der Waals surface area contributed by atoms with Crippen molar-refractivity contribution in [2.45, 2.75) is 80.3 Å². The SMILES string of the molecule is CCC1CC(C)CO1.CCCC(C)C(C)(C)C. The van der Waals surface area contributed by atoms with Gasteiger partial charge in [-0.1, -0.05) is 61.3 Å². The lowest BCUT2D eigenvalue weighted by atomic mass is 9.80. The fourth-order valence-electron chi connectivity index (χ4n) is 2.04. The first kappa shape index (κ1) is 17.0. The molecule has 0 aliphatic carbocycles. The van der Waals surface area contributed by atoms with Gasteiger partial charge in [-0.05, 0) is 30.1 Å². The maximum absolute atomic E-state index is 5.41. The van der Waals surface area contributed by atoms with Crippen LogP contribution in [0.1, 0.15) is 74.1 Å². The Kier molecular flexibility index (Phi) is 8.11. The van der Waals surface area contributed by atoms with Crippen LogP contribution in [0.25, 0.3) is 0 Å². The minimum Gasteiger partial charge on any atom is -0.378 e. The maximum atomic E-state index is 5.41. The Labute approximate surface area is 109 Å². The summed E-state index contributed by atoms with van der Waals surface area (Å²) >= 11 is 0. The third-order valence-corrected chi connectivity index (χ3v) is 3.94. The summed E-state index contributed by atoms with van der Waals surface area (Å²) in [5.41, 5.74) is 0.510. The smallest absolute Gasteiger partial charge is 0.0576 e. The van der Waals surface area contributed by atoms with Gasteiger partial charge < -0.3 is 4.74 Å². The number of rotatable bonds is 3. The molecule has 1 heterocycles. The minimum absolute atomic E-state index is 0.510. The lowest BCUT2D eigenvalue weighted by Crippen LogP contribution is -2.16. The predicted molar refractivity (Wildman–Crippen MR) is 77.3 cm³/mol. The molecule has 0 N–H and O–H groups in total. The van der Waals surface area contributed by atoms with Crippen molar-refractivity contribution in [1.29, 1.82) is 0 Å². The van der Waals surface area contributed by atoms with Crippen molar-refractivity contribution in [3.63, 3.8) is 0 Å². The van der Waals surface area contributed by atoms with Gasteiger partial charge in [0.05, 0.1) is 6.10 Å². The molecule has 3 atom stereocenters. The molecule has 1 rings (SSSR count). The van der Waals surface area contributed by atoms with Crippen LogP contribution in [-0.2, 0) is 4.74 Å². The summed E-state index contributed by atoms with van der Waals surface area (Å²) in [7, 11) is 0. The molecule has 0 amide bonds. The predicted octanol–water partition coefficient (Wildman–Crippen LogP) is 5.29. The molecule has 1 fully saturated rings. The van der Waals surface area contributed by atoms with Crippen LogP contribution in [0.5, 0.6) is 0 Å². The highest BCUT2D eigenvalue weighted by Gasteiger charge is 2.19. The molecule has 104 valence electrons. The Bertz CT molecular complexity index is 180. The molecule has 0 saturated carbocycles. The van der Waals surface area contributed by atoms with Crippen LogP contribution in [0.15, 0.2) is 0 Å². The van der Waals surface area contributed by atoms with E-state index in [0.717, 1.165) is 18.4 Å². The fraction of sp³-hybridized carbons (Fsp3) is 1.00. The molecule has 3 unspecified atom stereocenters. The number of ether oxygens (including phenoxy) is 1.